The molecule has 6 nitrogen and oxygen atoms in total. The molecule has 1 rings (SSSR count). The Balaban J connectivity index is 3.13. The molecule has 110 valence electrons. The predicted octanol–water partition coefficient (Wildman–Crippen LogP) is 2.85. The van der Waals surface area contributed by atoms with Crippen LogP contribution in [0.4, 0.5) is 5.69 Å². The largest absolute Gasteiger partial charge is 0.383 e. The fourth-order valence-electron chi connectivity index (χ4n) is 1.97. The number of ether oxygens (including phenoxy) is 1. The van der Waals surface area contributed by atoms with E-state index in [0.29, 0.717) is 13.2 Å². The second-order valence-corrected chi connectivity index (χ2v) is 5.08. The summed E-state index contributed by atoms with van der Waals surface area (Å²) in [6.45, 7) is 4.64. The van der Waals surface area contributed by atoms with E-state index >= 15 is 0 Å². The summed E-state index contributed by atoms with van der Waals surface area (Å²) in [7, 11) is 1.57. The summed E-state index contributed by atoms with van der Waals surface area (Å²) in [5.41, 5.74) is 0.162. The van der Waals surface area contributed by atoms with Crippen molar-refractivity contribution in [2.45, 2.75) is 19.9 Å². The maximum Gasteiger partial charge on any atom is 0.284 e. The number of halogens is 1. The van der Waals surface area contributed by atoms with Gasteiger partial charge in [-0.05, 0) is 35.8 Å². The molecule has 0 aliphatic carbocycles. The van der Waals surface area contributed by atoms with Gasteiger partial charge in [-0.2, -0.15) is 0 Å². The molecule has 0 radical (unpaired) electrons. The topological polar surface area (TPSA) is 72.7 Å². The molecule has 0 aliphatic rings. The SMILES string of the molecule is CCN(C(=O)c1cccc([N+](=O)[O-])c1Br)C(C)COC. The Morgan fingerprint density at radius 3 is 2.70 bits per heavy atom. The van der Waals surface area contributed by atoms with E-state index in [0.717, 1.165) is 0 Å². The first kappa shape index (κ1) is 16.6. The molecule has 20 heavy (non-hydrogen) atoms. The number of nitrogens with zero attached hydrogens (tertiary/aromatic N) is 2. The molecule has 0 bridgehead atoms. The molecule has 7 heteroatoms. The monoisotopic (exact) mass is 344 g/mol. The van der Waals surface area contributed by atoms with E-state index in [2.05, 4.69) is 15.9 Å². The van der Waals surface area contributed by atoms with Gasteiger partial charge >= 0.3 is 0 Å². The lowest BCUT2D eigenvalue weighted by atomic mass is 10.1. The first-order chi connectivity index (χ1) is 9.43. The standard InChI is InChI=1S/C13H17BrN2O4/c1-4-15(9(2)8-20-3)13(17)10-6-5-7-11(12(10)14)16(18)19/h5-7,9H,4,8H2,1-3H3. The van der Waals surface area contributed by atoms with Gasteiger partial charge in [0.25, 0.3) is 11.6 Å². The number of rotatable bonds is 6. The van der Waals surface area contributed by atoms with Crippen LogP contribution in [-0.2, 0) is 4.74 Å². The Kier molecular flexibility index (Phi) is 6.09. The average molecular weight is 345 g/mol. The zero-order valence-corrected chi connectivity index (χ0v) is 13.2. The molecular weight excluding hydrogens is 328 g/mol. The first-order valence-electron chi connectivity index (χ1n) is 6.16. The smallest absolute Gasteiger partial charge is 0.284 e. The Labute approximate surface area is 126 Å². The van der Waals surface area contributed by atoms with Crippen molar-refractivity contribution in [3.05, 3.63) is 38.3 Å². The van der Waals surface area contributed by atoms with E-state index < -0.39 is 4.92 Å². The summed E-state index contributed by atoms with van der Waals surface area (Å²) in [6, 6.07) is 4.33. The molecule has 0 fully saturated rings. The van der Waals surface area contributed by atoms with Gasteiger partial charge in [0.05, 0.1) is 23.1 Å². The summed E-state index contributed by atoms with van der Waals surface area (Å²) >= 11 is 3.15. The number of methoxy groups -OCH3 is 1. The second-order valence-electron chi connectivity index (χ2n) is 4.29. The molecule has 1 aromatic carbocycles. The van der Waals surface area contributed by atoms with Crippen LogP contribution in [-0.4, -0.2) is 42.0 Å². The number of carbonyl (C=O) groups excluding carboxylic acids is 1. The number of nitro benzene ring substituents is 1. The highest BCUT2D eigenvalue weighted by Gasteiger charge is 2.25. The maximum atomic E-state index is 12.5. The highest BCUT2D eigenvalue weighted by Crippen LogP contribution is 2.29. The van der Waals surface area contributed by atoms with Crippen molar-refractivity contribution in [1.29, 1.82) is 0 Å². The number of carbonyl (C=O) groups is 1. The number of likely N-dealkylation sites (N-methyl/N-ethyl adjacent to an activating group) is 1. The second kappa shape index (κ2) is 7.35. The van der Waals surface area contributed by atoms with Gasteiger partial charge in [-0.1, -0.05) is 6.07 Å². The Morgan fingerprint density at radius 1 is 1.55 bits per heavy atom. The van der Waals surface area contributed by atoms with E-state index in [1.807, 2.05) is 13.8 Å². The van der Waals surface area contributed by atoms with Crippen LogP contribution >= 0.6 is 15.9 Å². The molecule has 0 heterocycles. The van der Waals surface area contributed by atoms with Gasteiger partial charge in [0.15, 0.2) is 0 Å². The van der Waals surface area contributed by atoms with Gasteiger partial charge in [-0.25, -0.2) is 0 Å². The minimum absolute atomic E-state index is 0.108. The summed E-state index contributed by atoms with van der Waals surface area (Å²) in [5, 5.41) is 10.9. The number of nitro groups is 1. The van der Waals surface area contributed by atoms with E-state index in [1.165, 1.54) is 12.1 Å². The van der Waals surface area contributed by atoms with Gasteiger partial charge in [0, 0.05) is 19.7 Å². The molecular formula is C13H17BrN2O4. The number of hydrogen-bond donors (Lipinski definition) is 0. The van der Waals surface area contributed by atoms with Crippen molar-refractivity contribution in [3.63, 3.8) is 0 Å². The van der Waals surface area contributed by atoms with Crippen LogP contribution in [0.1, 0.15) is 24.2 Å². The van der Waals surface area contributed by atoms with E-state index in [9.17, 15) is 14.9 Å². The van der Waals surface area contributed by atoms with E-state index in [-0.39, 0.29) is 27.7 Å². The lowest BCUT2D eigenvalue weighted by Crippen LogP contribution is -2.41. The van der Waals surface area contributed by atoms with Crippen LogP contribution in [0, 0.1) is 10.1 Å². The first-order valence-corrected chi connectivity index (χ1v) is 6.96. The maximum absolute atomic E-state index is 12.5. The lowest BCUT2D eigenvalue weighted by Gasteiger charge is -2.27. The highest BCUT2D eigenvalue weighted by atomic mass is 79.9. The third-order valence-corrected chi connectivity index (χ3v) is 3.78. The van der Waals surface area contributed by atoms with Crippen LogP contribution in [0.25, 0.3) is 0 Å². The fraction of sp³-hybridized carbons (Fsp3) is 0.462. The van der Waals surface area contributed by atoms with Gasteiger partial charge in [0.1, 0.15) is 4.47 Å². The van der Waals surface area contributed by atoms with Gasteiger partial charge < -0.3 is 9.64 Å². The van der Waals surface area contributed by atoms with Crippen molar-refractivity contribution < 1.29 is 14.5 Å². The van der Waals surface area contributed by atoms with Crippen molar-refractivity contribution in [2.75, 3.05) is 20.3 Å². The molecule has 0 aliphatic heterocycles. The van der Waals surface area contributed by atoms with Crippen LogP contribution in [0.2, 0.25) is 0 Å². The molecule has 1 unspecified atom stereocenters. The fourth-order valence-corrected chi connectivity index (χ4v) is 2.55. The van der Waals surface area contributed by atoms with Crippen molar-refractivity contribution in [3.8, 4) is 0 Å². The number of benzene rings is 1. The third-order valence-electron chi connectivity index (χ3n) is 2.95. The van der Waals surface area contributed by atoms with Crippen LogP contribution in [0.5, 0.6) is 0 Å². The van der Waals surface area contributed by atoms with Crippen LogP contribution < -0.4 is 0 Å². The van der Waals surface area contributed by atoms with Crippen molar-refractivity contribution >= 4 is 27.5 Å². The van der Waals surface area contributed by atoms with E-state index in [1.54, 1.807) is 18.1 Å². The average Bonchev–Trinajstić information content (AvgIpc) is 2.39. The number of hydrogen-bond acceptors (Lipinski definition) is 4. The van der Waals surface area contributed by atoms with Crippen molar-refractivity contribution in [2.24, 2.45) is 0 Å². The minimum Gasteiger partial charge on any atom is -0.383 e. The molecule has 0 saturated carbocycles. The van der Waals surface area contributed by atoms with E-state index in [4.69, 9.17) is 4.74 Å². The molecule has 1 amide bonds. The summed E-state index contributed by atoms with van der Waals surface area (Å²) < 4.78 is 5.26. The predicted molar refractivity (Wildman–Crippen MR) is 78.8 cm³/mol. The van der Waals surface area contributed by atoms with Crippen LogP contribution in [0.15, 0.2) is 22.7 Å². The van der Waals surface area contributed by atoms with Crippen molar-refractivity contribution in [1.82, 2.24) is 4.90 Å². The molecule has 0 N–H and O–H groups in total. The van der Waals surface area contributed by atoms with Gasteiger partial charge in [-0.15, -0.1) is 0 Å². The van der Waals surface area contributed by atoms with Gasteiger partial charge in [0.2, 0.25) is 0 Å². The quantitative estimate of drug-likeness (QED) is 0.587. The Hall–Kier alpha value is -1.47. The molecule has 1 atom stereocenters. The lowest BCUT2D eigenvalue weighted by molar-refractivity contribution is -0.385. The zero-order chi connectivity index (χ0) is 15.3. The molecule has 0 aromatic heterocycles. The molecule has 1 aromatic rings. The molecule has 0 spiro atoms. The van der Waals surface area contributed by atoms with Gasteiger partial charge in [-0.3, -0.25) is 14.9 Å². The Bertz CT molecular complexity index is 507. The summed E-state index contributed by atoms with van der Waals surface area (Å²) in [5.74, 6) is -0.257. The number of amides is 1. The van der Waals surface area contributed by atoms with Crippen LogP contribution in [0.3, 0.4) is 0 Å². The minimum atomic E-state index is -0.518. The normalized spacial score (nSPS) is 12.0. The molecule has 0 saturated heterocycles. The zero-order valence-electron chi connectivity index (χ0n) is 11.6. The summed E-state index contributed by atoms with van der Waals surface area (Å²) in [6.07, 6.45) is 0. The Morgan fingerprint density at radius 2 is 2.20 bits per heavy atom. The third kappa shape index (κ3) is 3.55. The highest BCUT2D eigenvalue weighted by molar-refractivity contribution is 9.10. The summed E-state index contributed by atoms with van der Waals surface area (Å²) in [4.78, 5) is 24.5.